The minimum atomic E-state index is -5.06. The van der Waals surface area contributed by atoms with Crippen LogP contribution in [0.3, 0.4) is 0 Å². The SMILES string of the molecule is COc1ccc(NC(=O)c2cnn(-c3cccc(C(F)(F)F)c3)c2C(F)(F)F)cc1. The number of amides is 1. The molecule has 0 saturated heterocycles. The summed E-state index contributed by atoms with van der Waals surface area (Å²) in [6.45, 7) is 0. The van der Waals surface area contributed by atoms with Crippen LogP contribution in [0.15, 0.2) is 54.7 Å². The Morgan fingerprint density at radius 2 is 1.67 bits per heavy atom. The maximum atomic E-state index is 13.7. The fourth-order valence-electron chi connectivity index (χ4n) is 2.67. The van der Waals surface area contributed by atoms with Crippen LogP contribution in [0.2, 0.25) is 0 Å². The molecule has 3 aromatic rings. The van der Waals surface area contributed by atoms with E-state index in [2.05, 4.69) is 10.4 Å². The number of benzene rings is 2. The number of hydrogen-bond acceptors (Lipinski definition) is 3. The Kier molecular flexibility index (Phi) is 5.47. The van der Waals surface area contributed by atoms with E-state index in [1.165, 1.54) is 31.4 Å². The van der Waals surface area contributed by atoms with Crippen molar-refractivity contribution in [1.29, 1.82) is 0 Å². The number of carbonyl (C=O) groups is 1. The number of nitrogens with one attached hydrogen (secondary N) is 1. The van der Waals surface area contributed by atoms with Gasteiger partial charge in [-0.15, -0.1) is 0 Å². The van der Waals surface area contributed by atoms with Gasteiger partial charge in [0.05, 0.1) is 30.1 Å². The Morgan fingerprint density at radius 1 is 1.00 bits per heavy atom. The molecule has 0 radical (unpaired) electrons. The van der Waals surface area contributed by atoms with Gasteiger partial charge in [0.2, 0.25) is 0 Å². The molecule has 0 bridgehead atoms. The van der Waals surface area contributed by atoms with Gasteiger partial charge in [-0.3, -0.25) is 4.79 Å². The first kappa shape index (κ1) is 21.2. The second kappa shape index (κ2) is 7.73. The summed E-state index contributed by atoms with van der Waals surface area (Å²) < 4.78 is 85.0. The van der Waals surface area contributed by atoms with Crippen molar-refractivity contribution >= 4 is 11.6 Å². The zero-order valence-corrected chi connectivity index (χ0v) is 15.2. The third-order valence-electron chi connectivity index (χ3n) is 4.05. The van der Waals surface area contributed by atoms with E-state index < -0.39 is 40.8 Å². The smallest absolute Gasteiger partial charge is 0.434 e. The summed E-state index contributed by atoms with van der Waals surface area (Å²) in [5.74, 6) is -0.646. The van der Waals surface area contributed by atoms with Crippen LogP contribution in [0.1, 0.15) is 21.6 Å². The highest BCUT2D eigenvalue weighted by Crippen LogP contribution is 2.35. The summed E-state index contributed by atoms with van der Waals surface area (Å²) in [4.78, 5) is 12.4. The van der Waals surface area contributed by atoms with Gasteiger partial charge in [-0.25, -0.2) is 4.68 Å². The van der Waals surface area contributed by atoms with Gasteiger partial charge in [-0.2, -0.15) is 31.4 Å². The molecule has 30 heavy (non-hydrogen) atoms. The Morgan fingerprint density at radius 3 is 2.23 bits per heavy atom. The van der Waals surface area contributed by atoms with Gasteiger partial charge in [0, 0.05) is 5.69 Å². The number of hydrogen-bond donors (Lipinski definition) is 1. The number of anilines is 1. The summed E-state index contributed by atoms with van der Waals surface area (Å²) in [7, 11) is 1.42. The van der Waals surface area contributed by atoms with Crippen LogP contribution in [0, 0.1) is 0 Å². The van der Waals surface area contributed by atoms with Crippen LogP contribution in [-0.4, -0.2) is 22.8 Å². The highest BCUT2D eigenvalue weighted by atomic mass is 19.4. The Bertz CT molecular complexity index is 1060. The van der Waals surface area contributed by atoms with E-state index in [-0.39, 0.29) is 10.4 Å². The minimum Gasteiger partial charge on any atom is -0.497 e. The summed E-state index contributed by atoms with van der Waals surface area (Å²) in [6.07, 6.45) is -9.16. The van der Waals surface area contributed by atoms with Crippen LogP contribution in [0.5, 0.6) is 5.75 Å². The van der Waals surface area contributed by atoms with Gasteiger partial charge in [0.15, 0.2) is 5.69 Å². The van der Waals surface area contributed by atoms with Crippen molar-refractivity contribution in [2.75, 3.05) is 12.4 Å². The van der Waals surface area contributed by atoms with E-state index in [9.17, 15) is 31.1 Å². The van der Waals surface area contributed by atoms with Gasteiger partial charge in [0.25, 0.3) is 5.91 Å². The lowest BCUT2D eigenvalue weighted by Gasteiger charge is -2.14. The number of rotatable bonds is 4. The van der Waals surface area contributed by atoms with Gasteiger partial charge in [0.1, 0.15) is 5.75 Å². The normalized spacial score (nSPS) is 12.0. The molecule has 0 aliphatic heterocycles. The van der Waals surface area contributed by atoms with Crippen LogP contribution >= 0.6 is 0 Å². The predicted molar refractivity (Wildman–Crippen MR) is 94.5 cm³/mol. The molecule has 11 heteroatoms. The van der Waals surface area contributed by atoms with E-state index in [4.69, 9.17) is 4.74 Å². The molecular weight excluding hydrogens is 416 g/mol. The largest absolute Gasteiger partial charge is 0.497 e. The third-order valence-corrected chi connectivity index (χ3v) is 4.05. The number of carbonyl (C=O) groups excluding carboxylic acids is 1. The van der Waals surface area contributed by atoms with Crippen LogP contribution in [0.25, 0.3) is 5.69 Å². The molecule has 0 spiro atoms. The minimum absolute atomic E-state index is 0.195. The Balaban J connectivity index is 2.01. The summed E-state index contributed by atoms with van der Waals surface area (Å²) in [6, 6.07) is 9.05. The second-order valence-electron chi connectivity index (χ2n) is 6.05. The summed E-state index contributed by atoms with van der Waals surface area (Å²) in [5, 5.41) is 5.81. The van der Waals surface area contributed by atoms with Crippen LogP contribution < -0.4 is 10.1 Å². The number of halogens is 6. The van der Waals surface area contributed by atoms with E-state index in [1.54, 1.807) is 0 Å². The van der Waals surface area contributed by atoms with Gasteiger partial charge in [-0.05, 0) is 42.5 Å². The van der Waals surface area contributed by atoms with Gasteiger partial charge < -0.3 is 10.1 Å². The molecule has 0 aliphatic carbocycles. The molecule has 1 amide bonds. The van der Waals surface area contributed by atoms with E-state index in [1.807, 2.05) is 0 Å². The molecule has 0 saturated carbocycles. The molecule has 158 valence electrons. The van der Waals surface area contributed by atoms with Gasteiger partial charge >= 0.3 is 12.4 Å². The lowest BCUT2D eigenvalue weighted by atomic mass is 10.1. The third kappa shape index (κ3) is 4.39. The van der Waals surface area contributed by atoms with Crippen molar-refractivity contribution in [3.63, 3.8) is 0 Å². The molecule has 0 aliphatic rings. The number of nitrogens with zero attached hydrogens (tertiary/aromatic N) is 2. The molecule has 1 heterocycles. The van der Waals surface area contributed by atoms with Crippen molar-refractivity contribution in [1.82, 2.24) is 9.78 Å². The molecule has 0 unspecified atom stereocenters. The first-order valence-corrected chi connectivity index (χ1v) is 8.29. The summed E-state index contributed by atoms with van der Waals surface area (Å²) >= 11 is 0. The maximum Gasteiger partial charge on any atom is 0.434 e. The lowest BCUT2D eigenvalue weighted by molar-refractivity contribution is -0.143. The zero-order chi connectivity index (χ0) is 22.1. The number of ether oxygens (including phenoxy) is 1. The fraction of sp³-hybridized carbons (Fsp3) is 0.158. The topological polar surface area (TPSA) is 56.1 Å². The first-order chi connectivity index (χ1) is 14.0. The molecule has 1 N–H and O–H groups in total. The van der Waals surface area contributed by atoms with Crippen molar-refractivity contribution in [2.45, 2.75) is 12.4 Å². The zero-order valence-electron chi connectivity index (χ0n) is 15.2. The van der Waals surface area contributed by atoms with Crippen LogP contribution in [-0.2, 0) is 12.4 Å². The lowest BCUT2D eigenvalue weighted by Crippen LogP contribution is -2.21. The first-order valence-electron chi connectivity index (χ1n) is 8.29. The summed E-state index contributed by atoms with van der Waals surface area (Å²) in [5.41, 5.74) is -3.77. The number of alkyl halides is 6. The van der Waals surface area contributed by atoms with Gasteiger partial charge in [-0.1, -0.05) is 6.07 Å². The standard InChI is InChI=1S/C19H13F6N3O2/c1-30-14-7-5-12(6-8-14)27-17(29)15-10-26-28(16(15)19(23,24)25)13-4-2-3-11(9-13)18(20,21)22/h2-10H,1H3,(H,27,29). The Labute approximate surface area is 165 Å². The van der Waals surface area contributed by atoms with E-state index >= 15 is 0 Å². The van der Waals surface area contributed by atoms with Crippen molar-refractivity contribution in [2.24, 2.45) is 0 Å². The predicted octanol–water partition coefficient (Wildman–Crippen LogP) is 5.17. The molecular formula is C19H13F6N3O2. The average Bonchev–Trinajstić information content (AvgIpc) is 3.14. The average molecular weight is 429 g/mol. The second-order valence-corrected chi connectivity index (χ2v) is 6.05. The van der Waals surface area contributed by atoms with E-state index in [0.29, 0.717) is 18.0 Å². The quantitative estimate of drug-likeness (QED) is 0.583. The van der Waals surface area contributed by atoms with Crippen molar-refractivity contribution in [3.05, 3.63) is 71.5 Å². The van der Waals surface area contributed by atoms with E-state index in [0.717, 1.165) is 18.2 Å². The van der Waals surface area contributed by atoms with Crippen molar-refractivity contribution in [3.8, 4) is 11.4 Å². The Hall–Kier alpha value is -3.50. The number of aromatic nitrogens is 2. The highest BCUT2D eigenvalue weighted by molar-refractivity contribution is 6.05. The molecule has 2 aromatic carbocycles. The highest BCUT2D eigenvalue weighted by Gasteiger charge is 2.41. The van der Waals surface area contributed by atoms with Crippen LogP contribution in [0.4, 0.5) is 32.0 Å². The monoisotopic (exact) mass is 429 g/mol. The molecule has 0 fully saturated rings. The molecule has 0 atom stereocenters. The fourth-order valence-corrected chi connectivity index (χ4v) is 2.67. The van der Waals surface area contributed by atoms with Crippen molar-refractivity contribution < 1.29 is 35.9 Å². The molecule has 3 rings (SSSR count). The number of methoxy groups -OCH3 is 1. The molecule has 1 aromatic heterocycles. The molecule has 5 nitrogen and oxygen atoms in total. The maximum absolute atomic E-state index is 13.7.